The van der Waals surface area contributed by atoms with Crippen molar-refractivity contribution < 1.29 is 0 Å². The molecule has 0 aromatic carbocycles. The van der Waals surface area contributed by atoms with Crippen molar-refractivity contribution in [3.63, 3.8) is 0 Å². The Labute approximate surface area is 126 Å². The quantitative estimate of drug-likeness (QED) is 0.641. The Balaban J connectivity index is 2.44. The zero-order chi connectivity index (χ0) is 15.2. The second-order valence-electron chi connectivity index (χ2n) is 6.87. The highest BCUT2D eigenvalue weighted by molar-refractivity contribution is 5.26. The van der Waals surface area contributed by atoms with Gasteiger partial charge in [-0.15, -0.1) is 0 Å². The molecule has 0 aliphatic rings. The molecular weight excluding hydrogens is 244 g/mol. The third kappa shape index (κ3) is 4.97. The summed E-state index contributed by atoms with van der Waals surface area (Å²) < 4.78 is 2.39. The van der Waals surface area contributed by atoms with Crippen LogP contribution in [0, 0.1) is 19.3 Å². The van der Waals surface area contributed by atoms with Crippen LogP contribution in [0.25, 0.3) is 0 Å². The summed E-state index contributed by atoms with van der Waals surface area (Å²) in [6, 6.07) is 2.33. The fourth-order valence-electron chi connectivity index (χ4n) is 3.02. The van der Waals surface area contributed by atoms with Crippen LogP contribution in [0.1, 0.15) is 70.3 Å². The molecule has 0 atom stereocenters. The van der Waals surface area contributed by atoms with E-state index in [1.807, 2.05) is 0 Å². The van der Waals surface area contributed by atoms with Crippen molar-refractivity contribution in [1.29, 1.82) is 0 Å². The van der Waals surface area contributed by atoms with Gasteiger partial charge in [-0.1, -0.05) is 40.0 Å². The highest BCUT2D eigenvalue weighted by atomic mass is 15.0. The molecule has 1 heterocycles. The number of rotatable bonds is 9. The van der Waals surface area contributed by atoms with E-state index in [1.54, 1.807) is 0 Å². The predicted molar refractivity (Wildman–Crippen MR) is 89.2 cm³/mol. The van der Waals surface area contributed by atoms with Gasteiger partial charge in [-0.2, -0.15) is 0 Å². The average Bonchev–Trinajstić information content (AvgIpc) is 2.64. The molecule has 0 amide bonds. The minimum atomic E-state index is 0.408. The number of nitrogens with one attached hydrogen (secondary N) is 1. The van der Waals surface area contributed by atoms with Gasteiger partial charge in [0.15, 0.2) is 0 Å². The monoisotopic (exact) mass is 278 g/mol. The van der Waals surface area contributed by atoms with Gasteiger partial charge in [-0.25, -0.2) is 0 Å². The third-order valence-electron chi connectivity index (χ3n) is 4.37. The van der Waals surface area contributed by atoms with Crippen LogP contribution in [0.4, 0.5) is 0 Å². The van der Waals surface area contributed by atoms with Crippen LogP contribution in [-0.4, -0.2) is 11.1 Å². The number of aromatic nitrogens is 1. The maximum atomic E-state index is 3.66. The van der Waals surface area contributed by atoms with Crippen molar-refractivity contribution in [2.24, 2.45) is 5.41 Å². The minimum absolute atomic E-state index is 0.408. The molecule has 1 rings (SSSR count). The van der Waals surface area contributed by atoms with Crippen molar-refractivity contribution in [1.82, 2.24) is 9.88 Å². The van der Waals surface area contributed by atoms with Crippen LogP contribution in [0.5, 0.6) is 0 Å². The average molecular weight is 278 g/mol. The molecule has 1 aromatic rings. The molecule has 0 saturated heterocycles. The van der Waals surface area contributed by atoms with E-state index in [1.165, 1.54) is 42.6 Å². The van der Waals surface area contributed by atoms with E-state index in [0.717, 1.165) is 19.6 Å². The first-order valence-corrected chi connectivity index (χ1v) is 8.27. The van der Waals surface area contributed by atoms with E-state index in [9.17, 15) is 0 Å². The van der Waals surface area contributed by atoms with Crippen molar-refractivity contribution in [3.8, 4) is 0 Å². The van der Waals surface area contributed by atoms with Gasteiger partial charge in [0.05, 0.1) is 0 Å². The number of hydrogen-bond acceptors (Lipinski definition) is 1. The van der Waals surface area contributed by atoms with Crippen molar-refractivity contribution in [3.05, 3.63) is 23.0 Å². The first-order chi connectivity index (χ1) is 9.41. The van der Waals surface area contributed by atoms with Crippen LogP contribution >= 0.6 is 0 Å². The van der Waals surface area contributed by atoms with Gasteiger partial charge < -0.3 is 9.88 Å². The SMILES string of the molecule is CCCCCC(C)(C)CNCc1cc(C)n(CC)c1C. The Morgan fingerprint density at radius 3 is 2.40 bits per heavy atom. The van der Waals surface area contributed by atoms with Crippen LogP contribution < -0.4 is 5.32 Å². The van der Waals surface area contributed by atoms with Crippen LogP contribution in [-0.2, 0) is 13.1 Å². The lowest BCUT2D eigenvalue weighted by Gasteiger charge is -2.25. The van der Waals surface area contributed by atoms with E-state index >= 15 is 0 Å². The Hall–Kier alpha value is -0.760. The zero-order valence-corrected chi connectivity index (χ0v) is 14.5. The zero-order valence-electron chi connectivity index (χ0n) is 14.5. The second kappa shape index (κ2) is 7.87. The summed E-state index contributed by atoms with van der Waals surface area (Å²) >= 11 is 0. The van der Waals surface area contributed by atoms with Gasteiger partial charge in [0.1, 0.15) is 0 Å². The summed E-state index contributed by atoms with van der Waals surface area (Å²) in [6.45, 7) is 16.9. The molecule has 0 fully saturated rings. The Morgan fingerprint density at radius 1 is 1.15 bits per heavy atom. The molecule has 20 heavy (non-hydrogen) atoms. The lowest BCUT2D eigenvalue weighted by atomic mass is 9.87. The smallest absolute Gasteiger partial charge is 0.0223 e. The van der Waals surface area contributed by atoms with Crippen molar-refractivity contribution in [2.75, 3.05) is 6.54 Å². The highest BCUT2D eigenvalue weighted by Gasteiger charge is 2.17. The Bertz CT molecular complexity index is 402. The van der Waals surface area contributed by atoms with Crippen molar-refractivity contribution in [2.45, 2.75) is 80.3 Å². The molecule has 0 aliphatic heterocycles. The minimum Gasteiger partial charge on any atom is -0.349 e. The summed E-state index contributed by atoms with van der Waals surface area (Å²) in [6.07, 6.45) is 5.35. The molecule has 1 N–H and O–H groups in total. The standard InChI is InChI=1S/C18H34N2/c1-7-9-10-11-18(5,6)14-19-13-17-12-15(3)20(8-2)16(17)4/h12,19H,7-11,13-14H2,1-6H3. The van der Waals surface area contributed by atoms with E-state index in [2.05, 4.69) is 57.5 Å². The molecule has 1 aromatic heterocycles. The summed E-state index contributed by atoms with van der Waals surface area (Å²) in [5.41, 5.74) is 4.66. The number of unbranched alkanes of at least 4 members (excludes halogenated alkanes) is 2. The molecule has 0 unspecified atom stereocenters. The number of nitrogens with zero attached hydrogens (tertiary/aromatic N) is 1. The van der Waals surface area contributed by atoms with E-state index in [0.29, 0.717) is 5.41 Å². The third-order valence-corrected chi connectivity index (χ3v) is 4.37. The molecule has 0 aliphatic carbocycles. The van der Waals surface area contributed by atoms with Crippen LogP contribution in [0.3, 0.4) is 0 Å². The van der Waals surface area contributed by atoms with Gasteiger partial charge in [0, 0.05) is 31.0 Å². The van der Waals surface area contributed by atoms with Gasteiger partial charge in [-0.3, -0.25) is 0 Å². The summed E-state index contributed by atoms with van der Waals surface area (Å²) in [5, 5.41) is 3.66. The Morgan fingerprint density at radius 2 is 1.85 bits per heavy atom. The number of aryl methyl sites for hydroxylation is 1. The first kappa shape index (κ1) is 17.3. The predicted octanol–water partition coefficient (Wildman–Crippen LogP) is 4.82. The van der Waals surface area contributed by atoms with Crippen LogP contribution in [0.2, 0.25) is 0 Å². The first-order valence-electron chi connectivity index (χ1n) is 8.27. The maximum absolute atomic E-state index is 3.66. The van der Waals surface area contributed by atoms with Gasteiger partial charge in [-0.05, 0) is 44.2 Å². The normalized spacial score (nSPS) is 12.1. The molecule has 2 nitrogen and oxygen atoms in total. The fourth-order valence-corrected chi connectivity index (χ4v) is 3.02. The molecule has 2 heteroatoms. The molecule has 0 bridgehead atoms. The highest BCUT2D eigenvalue weighted by Crippen LogP contribution is 2.23. The molecule has 0 radical (unpaired) electrons. The molecular formula is C18H34N2. The van der Waals surface area contributed by atoms with Gasteiger partial charge >= 0.3 is 0 Å². The fraction of sp³-hybridized carbons (Fsp3) is 0.778. The number of hydrogen-bond donors (Lipinski definition) is 1. The van der Waals surface area contributed by atoms with Crippen molar-refractivity contribution >= 4 is 0 Å². The summed E-state index contributed by atoms with van der Waals surface area (Å²) in [4.78, 5) is 0. The lowest BCUT2D eigenvalue weighted by molar-refractivity contribution is 0.302. The van der Waals surface area contributed by atoms with E-state index in [4.69, 9.17) is 0 Å². The Kier molecular flexibility index (Phi) is 6.81. The molecule has 116 valence electrons. The van der Waals surface area contributed by atoms with E-state index in [-0.39, 0.29) is 0 Å². The topological polar surface area (TPSA) is 17.0 Å². The van der Waals surface area contributed by atoms with E-state index < -0.39 is 0 Å². The van der Waals surface area contributed by atoms with Gasteiger partial charge in [0.2, 0.25) is 0 Å². The lowest BCUT2D eigenvalue weighted by Crippen LogP contribution is -2.29. The molecule has 0 saturated carbocycles. The largest absolute Gasteiger partial charge is 0.349 e. The summed E-state index contributed by atoms with van der Waals surface area (Å²) in [7, 11) is 0. The van der Waals surface area contributed by atoms with Gasteiger partial charge in [0.25, 0.3) is 0 Å². The molecule has 0 spiro atoms. The summed E-state index contributed by atoms with van der Waals surface area (Å²) in [5.74, 6) is 0. The maximum Gasteiger partial charge on any atom is 0.0223 e. The van der Waals surface area contributed by atoms with Crippen LogP contribution in [0.15, 0.2) is 6.07 Å². The second-order valence-corrected chi connectivity index (χ2v) is 6.87.